The van der Waals surface area contributed by atoms with Crippen LogP contribution in [0, 0.1) is 5.92 Å². The maximum atomic E-state index is 11.3. The average Bonchev–Trinajstić information content (AvgIpc) is 3.24. The fourth-order valence-electron chi connectivity index (χ4n) is 4.28. The second-order valence-corrected chi connectivity index (χ2v) is 7.61. The maximum absolute atomic E-state index is 11.3. The molecule has 2 aliphatic rings. The van der Waals surface area contributed by atoms with Crippen molar-refractivity contribution in [3.63, 3.8) is 0 Å². The summed E-state index contributed by atoms with van der Waals surface area (Å²) in [5, 5.41) is 23.4. The van der Waals surface area contributed by atoms with Crippen molar-refractivity contribution < 1.29 is 9.90 Å². The Kier molecular flexibility index (Phi) is 5.45. The van der Waals surface area contributed by atoms with Gasteiger partial charge in [0.2, 0.25) is 5.82 Å². The number of nitrogens with one attached hydrogen (secondary N) is 1. The summed E-state index contributed by atoms with van der Waals surface area (Å²) in [7, 11) is 0. The number of aliphatic carboxylic acids is 1. The van der Waals surface area contributed by atoms with Crippen molar-refractivity contribution in [2.75, 3.05) is 26.2 Å². The first-order valence-corrected chi connectivity index (χ1v) is 9.71. The number of benzene rings is 1. The Balaban J connectivity index is 1.27. The molecule has 3 heterocycles. The highest BCUT2D eigenvalue weighted by Gasteiger charge is 2.31. The van der Waals surface area contributed by atoms with Crippen molar-refractivity contribution in [1.82, 2.24) is 30.4 Å². The molecule has 0 unspecified atom stereocenters. The highest BCUT2D eigenvalue weighted by Crippen LogP contribution is 2.25. The molecule has 8 nitrogen and oxygen atoms in total. The molecule has 2 fully saturated rings. The number of carboxylic acid groups (broad SMARTS) is 1. The number of carbonyl (C=O) groups is 1. The van der Waals surface area contributed by atoms with E-state index in [1.54, 1.807) is 0 Å². The van der Waals surface area contributed by atoms with Gasteiger partial charge < -0.3 is 5.11 Å². The normalized spacial score (nSPS) is 22.7. The Bertz CT molecular complexity index is 740. The number of rotatable bonds is 5. The third-order valence-electron chi connectivity index (χ3n) is 5.84. The fourth-order valence-corrected chi connectivity index (χ4v) is 4.28. The van der Waals surface area contributed by atoms with Crippen LogP contribution < -0.4 is 0 Å². The molecule has 2 aliphatic heterocycles. The third-order valence-corrected chi connectivity index (χ3v) is 5.84. The zero-order chi connectivity index (χ0) is 18.6. The Morgan fingerprint density at radius 3 is 2.59 bits per heavy atom. The van der Waals surface area contributed by atoms with Crippen LogP contribution in [0.3, 0.4) is 0 Å². The molecule has 2 aromatic rings. The number of carboxylic acids is 1. The minimum atomic E-state index is -0.638. The smallest absolute Gasteiger partial charge is 0.307 e. The Morgan fingerprint density at radius 2 is 1.93 bits per heavy atom. The van der Waals surface area contributed by atoms with Crippen LogP contribution in [0.5, 0.6) is 0 Å². The van der Waals surface area contributed by atoms with E-state index in [-0.39, 0.29) is 5.92 Å². The van der Waals surface area contributed by atoms with E-state index in [9.17, 15) is 9.90 Å². The van der Waals surface area contributed by atoms with Gasteiger partial charge in [-0.3, -0.25) is 14.6 Å². The van der Waals surface area contributed by atoms with Gasteiger partial charge in [0.1, 0.15) is 0 Å². The number of H-pyrrole nitrogens is 1. The van der Waals surface area contributed by atoms with E-state index in [2.05, 4.69) is 42.6 Å². The highest BCUT2D eigenvalue weighted by atomic mass is 16.4. The molecule has 144 valence electrons. The first-order chi connectivity index (χ1) is 13.2. The van der Waals surface area contributed by atoms with Gasteiger partial charge in [0.05, 0.1) is 5.92 Å². The number of piperidine rings is 2. The zero-order valence-corrected chi connectivity index (χ0v) is 15.4. The van der Waals surface area contributed by atoms with Crippen LogP contribution in [0.25, 0.3) is 11.4 Å². The number of tetrazole rings is 1. The van der Waals surface area contributed by atoms with Crippen LogP contribution in [-0.4, -0.2) is 73.7 Å². The van der Waals surface area contributed by atoms with Crippen LogP contribution in [-0.2, 0) is 11.3 Å². The summed E-state index contributed by atoms with van der Waals surface area (Å²) in [6.07, 6.45) is 4.06. The lowest BCUT2D eigenvalue weighted by Crippen LogP contribution is -2.49. The Labute approximate surface area is 158 Å². The molecule has 1 aromatic carbocycles. The van der Waals surface area contributed by atoms with E-state index in [1.165, 1.54) is 5.56 Å². The lowest BCUT2D eigenvalue weighted by molar-refractivity contribution is -0.144. The predicted molar refractivity (Wildman–Crippen MR) is 99.8 cm³/mol. The number of likely N-dealkylation sites (tertiary alicyclic amines) is 2. The number of hydrogen-bond acceptors (Lipinski definition) is 6. The summed E-state index contributed by atoms with van der Waals surface area (Å²) in [5.41, 5.74) is 2.24. The molecule has 0 radical (unpaired) electrons. The van der Waals surface area contributed by atoms with Crippen molar-refractivity contribution >= 4 is 5.97 Å². The van der Waals surface area contributed by atoms with Gasteiger partial charge in [0.15, 0.2) is 0 Å². The van der Waals surface area contributed by atoms with Crippen molar-refractivity contribution in [2.45, 2.75) is 38.3 Å². The number of nitrogens with zero attached hydrogens (tertiary/aromatic N) is 5. The van der Waals surface area contributed by atoms with Crippen molar-refractivity contribution in [3.8, 4) is 11.4 Å². The van der Waals surface area contributed by atoms with Crippen LogP contribution in [0.15, 0.2) is 24.3 Å². The van der Waals surface area contributed by atoms with E-state index in [0.717, 1.165) is 64.0 Å². The van der Waals surface area contributed by atoms with Crippen molar-refractivity contribution in [1.29, 1.82) is 0 Å². The highest BCUT2D eigenvalue weighted by molar-refractivity contribution is 5.70. The summed E-state index contributed by atoms with van der Waals surface area (Å²) in [6.45, 7) is 4.83. The van der Waals surface area contributed by atoms with Gasteiger partial charge in [-0.2, -0.15) is 5.21 Å². The topological polar surface area (TPSA) is 98.2 Å². The van der Waals surface area contributed by atoms with Crippen molar-refractivity contribution in [2.24, 2.45) is 5.92 Å². The third kappa shape index (κ3) is 4.33. The molecule has 0 spiro atoms. The van der Waals surface area contributed by atoms with Crippen molar-refractivity contribution in [3.05, 3.63) is 29.8 Å². The quantitative estimate of drug-likeness (QED) is 0.825. The molecule has 0 bridgehead atoms. The van der Waals surface area contributed by atoms with Gasteiger partial charge in [-0.25, -0.2) is 0 Å². The molecule has 8 heteroatoms. The first kappa shape index (κ1) is 18.1. The molecule has 0 amide bonds. The van der Waals surface area contributed by atoms with E-state index in [4.69, 9.17) is 0 Å². The maximum Gasteiger partial charge on any atom is 0.307 e. The molecule has 4 rings (SSSR count). The number of hydrogen-bond donors (Lipinski definition) is 2. The molecule has 0 saturated carbocycles. The monoisotopic (exact) mass is 370 g/mol. The van der Waals surface area contributed by atoms with Gasteiger partial charge in [-0.05, 0) is 56.1 Å². The summed E-state index contributed by atoms with van der Waals surface area (Å²) >= 11 is 0. The molecule has 27 heavy (non-hydrogen) atoms. The molecule has 1 aromatic heterocycles. The van der Waals surface area contributed by atoms with Gasteiger partial charge in [0.25, 0.3) is 0 Å². The largest absolute Gasteiger partial charge is 0.481 e. The van der Waals surface area contributed by atoms with Gasteiger partial charge in [-0.15, -0.1) is 10.2 Å². The summed E-state index contributed by atoms with van der Waals surface area (Å²) < 4.78 is 0. The van der Waals surface area contributed by atoms with E-state index in [1.807, 2.05) is 12.1 Å². The van der Waals surface area contributed by atoms with E-state index >= 15 is 0 Å². The van der Waals surface area contributed by atoms with Gasteiger partial charge >= 0.3 is 5.97 Å². The van der Waals surface area contributed by atoms with E-state index in [0.29, 0.717) is 11.9 Å². The van der Waals surface area contributed by atoms with Crippen LogP contribution in [0.4, 0.5) is 0 Å². The minimum Gasteiger partial charge on any atom is -0.481 e. The lowest BCUT2D eigenvalue weighted by Gasteiger charge is -2.41. The predicted octanol–water partition coefficient (Wildman–Crippen LogP) is 1.63. The first-order valence-electron chi connectivity index (χ1n) is 9.71. The van der Waals surface area contributed by atoms with Gasteiger partial charge in [0, 0.05) is 24.7 Å². The number of aromatic nitrogens is 4. The standard InChI is InChI=1S/C19H26N6O2/c26-19(27)16-2-1-9-25(13-16)17-7-10-24(11-8-17)12-14-3-5-15(6-4-14)18-20-22-23-21-18/h3-6,16-17H,1-2,7-13H2,(H,26,27)(H,20,21,22,23)/t16-/m1/s1. The lowest BCUT2D eigenvalue weighted by atomic mass is 9.94. The molecular formula is C19H26N6O2. The SMILES string of the molecule is O=C(O)[C@@H]1CCCN(C2CCN(Cc3ccc(-c4nn[nH]n4)cc3)CC2)C1. The molecule has 0 aliphatic carbocycles. The zero-order valence-electron chi connectivity index (χ0n) is 15.4. The van der Waals surface area contributed by atoms with Gasteiger partial charge in [-0.1, -0.05) is 24.3 Å². The minimum absolute atomic E-state index is 0.186. The Morgan fingerprint density at radius 1 is 1.15 bits per heavy atom. The molecule has 2 N–H and O–H groups in total. The van der Waals surface area contributed by atoms with Crippen LogP contribution in [0.2, 0.25) is 0 Å². The fraction of sp³-hybridized carbons (Fsp3) is 0.579. The summed E-state index contributed by atoms with van der Waals surface area (Å²) in [5.74, 6) is -0.209. The van der Waals surface area contributed by atoms with E-state index < -0.39 is 5.97 Å². The summed E-state index contributed by atoms with van der Waals surface area (Å²) in [4.78, 5) is 16.2. The second-order valence-electron chi connectivity index (χ2n) is 7.61. The molecule has 1 atom stereocenters. The molecular weight excluding hydrogens is 344 g/mol. The molecule has 2 saturated heterocycles. The summed E-state index contributed by atoms with van der Waals surface area (Å²) in [6, 6.07) is 8.85. The Hall–Kier alpha value is -2.32. The second kappa shape index (κ2) is 8.14. The van der Waals surface area contributed by atoms with Crippen LogP contribution in [0.1, 0.15) is 31.2 Å². The van der Waals surface area contributed by atoms with Crippen LogP contribution >= 0.6 is 0 Å². The average molecular weight is 370 g/mol. The number of aromatic amines is 1.